The van der Waals surface area contributed by atoms with E-state index in [0.29, 0.717) is 77.6 Å². The molecule has 136 heavy (non-hydrogen) atoms. The summed E-state index contributed by atoms with van der Waals surface area (Å²) < 4.78 is 115. The Bertz CT molecular complexity index is 4280. The molecular weight excluding hydrogens is 1810 g/mol. The van der Waals surface area contributed by atoms with Gasteiger partial charge in [0, 0.05) is 66.3 Å². The number of esters is 7. The summed E-state index contributed by atoms with van der Waals surface area (Å²) in [6.07, 6.45) is 18.8. The van der Waals surface area contributed by atoms with Crippen molar-refractivity contribution < 1.29 is 175 Å². The van der Waals surface area contributed by atoms with E-state index in [1.165, 1.54) is 53.4 Å². The number of allylic oxidation sites excluding steroid dienone is 1. The largest absolute Gasteiger partial charge is 0.534 e. The van der Waals surface area contributed by atoms with Gasteiger partial charge in [-0.05, 0) is 281 Å². The van der Waals surface area contributed by atoms with Crippen molar-refractivity contribution in [3.05, 3.63) is 60.4 Å². The molecule has 0 saturated heterocycles. The minimum Gasteiger partial charge on any atom is -0.481 e. The highest BCUT2D eigenvalue weighted by Crippen LogP contribution is 2.60. The van der Waals surface area contributed by atoms with Gasteiger partial charge in [0.05, 0.1) is 73.9 Å². The number of benzene rings is 1. The summed E-state index contributed by atoms with van der Waals surface area (Å²) in [6, 6.07) is 10.7. The van der Waals surface area contributed by atoms with Gasteiger partial charge in [-0.15, -0.1) is 6.58 Å². The fourth-order valence-corrected chi connectivity index (χ4v) is 19.2. The van der Waals surface area contributed by atoms with Crippen LogP contribution < -0.4 is 0 Å². The number of fused-ring (bicyclic) bond motifs is 11. The molecule has 0 radical (unpaired) electrons. The normalized spacial score (nSPS) is 24.3. The molecule has 13 aliphatic rings. The molecule has 0 spiro atoms. The number of ketones is 8. The molecule has 3 N–H and O–H groups in total. The molecule has 13 aliphatic carbocycles. The summed E-state index contributed by atoms with van der Waals surface area (Å²) in [7, 11) is -1.06. The van der Waals surface area contributed by atoms with Crippen molar-refractivity contribution in [3.8, 4) is 0 Å². The predicted octanol–water partition coefficient (Wildman–Crippen LogP) is 15.1. The molecule has 34 nitrogen and oxygen atoms in total. The van der Waals surface area contributed by atoms with Crippen LogP contribution in [0.2, 0.25) is 0 Å². The van der Waals surface area contributed by atoms with Gasteiger partial charge in [0.25, 0.3) is 0 Å². The lowest BCUT2D eigenvalue weighted by molar-refractivity contribution is -0.180. The van der Waals surface area contributed by atoms with Crippen molar-refractivity contribution in [1.29, 1.82) is 0 Å². The Morgan fingerprint density at radius 3 is 1.15 bits per heavy atom. The second-order valence-electron chi connectivity index (χ2n) is 35.9. The van der Waals surface area contributed by atoms with Crippen molar-refractivity contribution in [2.24, 2.45) is 37.9 Å². The minimum atomic E-state index is -5.87. The van der Waals surface area contributed by atoms with Crippen molar-refractivity contribution in [1.82, 2.24) is 0 Å². The molecule has 0 amide bonds. The van der Waals surface area contributed by atoms with Gasteiger partial charge in [0.2, 0.25) is 0 Å². The maximum Gasteiger partial charge on any atom is 0.534 e. The number of carbonyl (C=O) groups excluding carboxylic acids is 15. The van der Waals surface area contributed by atoms with Crippen LogP contribution in [0.25, 0.3) is 0 Å². The van der Waals surface area contributed by atoms with Crippen LogP contribution in [-0.4, -0.2) is 220 Å². The number of methoxy groups -OCH3 is 3. The van der Waals surface area contributed by atoms with Crippen molar-refractivity contribution in [3.63, 3.8) is 0 Å². The third-order valence-corrected chi connectivity index (χ3v) is 28.6. The number of carboxylic acids is 3. The summed E-state index contributed by atoms with van der Waals surface area (Å²) in [5.74, 6) is -8.29. The number of hydrogen-bond donors (Lipinski definition) is 3. The quantitative estimate of drug-likeness (QED) is 0.0139. The lowest BCUT2D eigenvalue weighted by Gasteiger charge is -2.51. The molecule has 0 atom stereocenters. The first-order chi connectivity index (χ1) is 63.6. The first kappa shape index (κ1) is 122. The van der Waals surface area contributed by atoms with Crippen LogP contribution in [0.3, 0.4) is 0 Å². The first-order valence-electron chi connectivity index (χ1n) is 46.5. The number of Topliss-reactive ketones (excluding diaryl/α,β-unsaturated/α-hetero) is 8. The monoisotopic (exact) mass is 1950 g/mol. The van der Waals surface area contributed by atoms with E-state index < -0.39 is 126 Å². The highest BCUT2D eigenvalue weighted by atomic mass is 32.2. The smallest absolute Gasteiger partial charge is 0.481 e. The maximum atomic E-state index is 12.6. The van der Waals surface area contributed by atoms with Crippen LogP contribution in [0.15, 0.2) is 54.8 Å². The highest BCUT2D eigenvalue weighted by Gasteiger charge is 2.62. The third kappa shape index (κ3) is 32.7. The van der Waals surface area contributed by atoms with E-state index in [-0.39, 0.29) is 159 Å². The van der Waals surface area contributed by atoms with E-state index in [1.54, 1.807) is 61.8 Å². The maximum absolute atomic E-state index is 12.6. The fourth-order valence-electron chi connectivity index (χ4n) is 18.6. The molecular formula is C98H145F3O34S. The van der Waals surface area contributed by atoms with E-state index in [0.717, 1.165) is 96.8 Å². The van der Waals surface area contributed by atoms with E-state index in [2.05, 4.69) is 39.8 Å². The number of alkyl halides is 3. The fraction of sp³-hybridized carbons (Fsp3) is 0.714. The molecule has 38 heteroatoms. The van der Waals surface area contributed by atoms with Gasteiger partial charge < -0.3 is 76.5 Å². The van der Waals surface area contributed by atoms with Crippen molar-refractivity contribution in [2.75, 3.05) is 67.6 Å². The molecule has 0 aromatic heterocycles. The van der Waals surface area contributed by atoms with Gasteiger partial charge in [0.15, 0.2) is 5.78 Å². The van der Waals surface area contributed by atoms with Crippen LogP contribution in [0.4, 0.5) is 13.2 Å². The molecule has 14 rings (SSSR count). The van der Waals surface area contributed by atoms with E-state index in [9.17, 15) is 113 Å². The topological polar surface area (TPSA) is 504 Å². The third-order valence-electron chi connectivity index (χ3n) is 27.6. The zero-order valence-electron chi connectivity index (χ0n) is 82.3. The number of rotatable bonds is 37. The van der Waals surface area contributed by atoms with Crippen LogP contribution in [0, 0.1) is 37.9 Å². The van der Waals surface area contributed by atoms with Crippen LogP contribution in [0.1, 0.15) is 321 Å². The molecule has 8 bridgehead atoms. The number of hydrogen-bond acceptors (Lipinski definition) is 31. The zero-order chi connectivity index (χ0) is 104. The number of aliphatic carboxylic acids is 3. The van der Waals surface area contributed by atoms with Crippen LogP contribution >= 0.6 is 0 Å². The lowest BCUT2D eigenvalue weighted by Crippen LogP contribution is -2.56. The summed E-state index contributed by atoms with van der Waals surface area (Å²) >= 11 is 0. The number of carbonyl (C=O) groups is 18. The average Bonchev–Trinajstić information content (AvgIpc) is 0.734. The SMILES string of the molecule is C=CC.CCOC(=O)C(CCC(=O)O)(CCC(=O)O)C(C)=O.CCOC(=O)C(CCC(C)=O)(CCC(C)=O)C(C)=O.CCOC(=O)C1(C(C)=O)CCC(=O)CC1.CCOC(=O)C12CCC(OC)(C=C1OS(=O)(=O)C(F)(F)F)CC2.CCOC(=O)C12CCC(OC)(CC1)CC2.CCOC(=O)C12CCC(OC)(CC1)CC2=O.CCOC(=O)CC(C)=O.O=C(O)C12CCC(c3ccccc3)(CC1)CC2. The highest BCUT2D eigenvalue weighted by molar-refractivity contribution is 7.87. The predicted molar refractivity (Wildman–Crippen MR) is 485 cm³/mol. The van der Waals surface area contributed by atoms with E-state index in [1.807, 2.05) is 19.9 Å². The summed E-state index contributed by atoms with van der Waals surface area (Å²) in [4.78, 5) is 205. The van der Waals surface area contributed by atoms with E-state index in [4.69, 9.17) is 52.8 Å². The molecule has 1 aromatic carbocycles. The molecule has 0 unspecified atom stereocenters. The molecule has 768 valence electrons. The Labute approximate surface area is 795 Å². The molecule has 0 aliphatic heterocycles. The molecule has 11 fully saturated rings. The number of carboxylic acid groups (broad SMARTS) is 3. The zero-order valence-corrected chi connectivity index (χ0v) is 83.1. The Kier molecular flexibility index (Phi) is 49.5. The van der Waals surface area contributed by atoms with E-state index >= 15 is 0 Å². The molecule has 11 saturated carbocycles. The van der Waals surface area contributed by atoms with Crippen LogP contribution in [-0.2, 0) is 153 Å². The van der Waals surface area contributed by atoms with Crippen molar-refractivity contribution in [2.45, 2.75) is 343 Å². The first-order valence-corrected chi connectivity index (χ1v) is 47.9. The Morgan fingerprint density at radius 2 is 0.809 bits per heavy atom. The standard InChI is InChI=1S/C15H18O2.C14H22O5.C13H17F3O6S.C12H18O7.C12H18O4.C12H20O3.C11H16O4.C6H10O3.C3H6/c16-13(17)15-9-6-14(7-10-15,8-11-15)12-4-2-1-3-5-12;1-5-19-13(18)14(12(4)17,8-6-10(2)15)9-7-11(3)16;1-3-21-10(17)12-6-4-11(20-2,5-7-12)8-9(12)22-23(18,19)13(14,15)16;1-3-19-11(18)12(8(2)13,6-4-9(14)15)7-5-10(16)17;1-3-16-10(14)12-6-4-11(15-2,5-7-12)8-9(12)13;1-3-15-10(13)11-4-7-12(14-2,8-5-11)9-6-11;1-3-15-10(14)11(8(2)12)6-4-9(13)5-7-11;1-3-9-6(8)4-5(2)7;1-3-2/h1-5H,6-11H2,(H,16,17);5-9H2,1-4H3;8H,3-7H2,1-2H3;3-7H2,1-2H3,(H,14,15)(H,16,17);3-8H2,1-2H3;3-9H2,1-2H3;3-7H2,1-2H3;3-4H2,1-2H3;3H,1H2,2H3. The molecule has 0 heterocycles. The Balaban J connectivity index is 0.000000528. The second kappa shape index (κ2) is 55.1. The second-order valence-corrected chi connectivity index (χ2v) is 37.4. The summed E-state index contributed by atoms with van der Waals surface area (Å²) in [5.41, 5.74) is -12.1. The Morgan fingerprint density at radius 1 is 0.441 bits per heavy atom. The summed E-state index contributed by atoms with van der Waals surface area (Å²) in [6.45, 7) is 26.7. The minimum absolute atomic E-state index is 0.00491. The summed E-state index contributed by atoms with van der Waals surface area (Å²) in [5, 5.41) is 26.7. The number of ether oxygens (including phenoxy) is 10. The van der Waals surface area contributed by atoms with Gasteiger partial charge in [-0.3, -0.25) is 76.7 Å². The van der Waals surface area contributed by atoms with Gasteiger partial charge in [0.1, 0.15) is 79.7 Å². The molecule has 1 aromatic rings. The average molecular weight is 1960 g/mol. The van der Waals surface area contributed by atoms with Gasteiger partial charge >= 0.3 is 75.3 Å². The lowest BCUT2D eigenvalue weighted by atomic mass is 9.52. The van der Waals surface area contributed by atoms with Gasteiger partial charge in [-0.1, -0.05) is 36.4 Å². The van der Waals surface area contributed by atoms with Gasteiger partial charge in [-0.2, -0.15) is 21.6 Å². The number of halogens is 3. The van der Waals surface area contributed by atoms with Gasteiger partial charge in [-0.25, -0.2) is 0 Å². The van der Waals surface area contributed by atoms with Crippen molar-refractivity contribution >= 4 is 116 Å². The van der Waals surface area contributed by atoms with Crippen LogP contribution in [0.5, 0.6) is 0 Å². The Hall–Kier alpha value is -9.82.